The Bertz CT molecular complexity index is 1550. The smallest absolute Gasteiger partial charge is 0.299 e. The Labute approximate surface area is 215 Å². The minimum Gasteiger partial charge on any atom is -0.494 e. The molecule has 2 aromatic carbocycles. The second-order valence-electron chi connectivity index (χ2n) is 7.59. The lowest BCUT2D eigenvalue weighted by Gasteiger charge is -2.10. The van der Waals surface area contributed by atoms with Gasteiger partial charge in [-0.25, -0.2) is 0 Å². The molecule has 176 valence electrons. The SMILES string of the molecule is CCOc1ccc2c(c1)c(C(=O)c1nc(-c3ccncc3)no1)c(Cl)n2Cc1ccc(Cl)cc1Cl. The molecule has 7 nitrogen and oxygen atoms in total. The molecular weight excluding hydrogens is 511 g/mol. The second-order valence-corrected chi connectivity index (χ2v) is 8.79. The van der Waals surface area contributed by atoms with E-state index in [1.165, 1.54) is 0 Å². The maximum atomic E-state index is 13.6. The van der Waals surface area contributed by atoms with Crippen molar-refractivity contribution in [1.29, 1.82) is 0 Å². The van der Waals surface area contributed by atoms with Crippen LogP contribution in [0.2, 0.25) is 15.2 Å². The Morgan fingerprint density at radius 2 is 1.86 bits per heavy atom. The lowest BCUT2D eigenvalue weighted by molar-refractivity contribution is 0.0995. The number of hydrogen-bond donors (Lipinski definition) is 0. The van der Waals surface area contributed by atoms with E-state index in [9.17, 15) is 4.79 Å². The van der Waals surface area contributed by atoms with Gasteiger partial charge in [0, 0.05) is 33.4 Å². The van der Waals surface area contributed by atoms with Gasteiger partial charge in [0.15, 0.2) is 0 Å². The van der Waals surface area contributed by atoms with E-state index in [0.29, 0.717) is 39.9 Å². The predicted molar refractivity (Wildman–Crippen MR) is 135 cm³/mol. The molecule has 3 heterocycles. The zero-order valence-electron chi connectivity index (χ0n) is 18.3. The third kappa shape index (κ3) is 4.50. The van der Waals surface area contributed by atoms with Gasteiger partial charge in [0.25, 0.3) is 11.7 Å². The first-order valence-corrected chi connectivity index (χ1v) is 11.8. The van der Waals surface area contributed by atoms with Gasteiger partial charge in [-0.05, 0) is 55.0 Å². The van der Waals surface area contributed by atoms with Crippen LogP contribution in [0.3, 0.4) is 0 Å². The number of carbonyl (C=O) groups excluding carboxylic acids is 1. The Balaban J connectivity index is 1.62. The van der Waals surface area contributed by atoms with Crippen LogP contribution in [0.4, 0.5) is 0 Å². The van der Waals surface area contributed by atoms with Crippen molar-refractivity contribution in [3.05, 3.63) is 93.1 Å². The molecule has 0 saturated carbocycles. The largest absolute Gasteiger partial charge is 0.494 e. The van der Waals surface area contributed by atoms with Crippen molar-refractivity contribution in [2.75, 3.05) is 6.61 Å². The van der Waals surface area contributed by atoms with E-state index in [1.807, 2.05) is 25.1 Å². The summed E-state index contributed by atoms with van der Waals surface area (Å²) in [7, 11) is 0. The minimum absolute atomic E-state index is 0.177. The van der Waals surface area contributed by atoms with E-state index in [0.717, 1.165) is 11.1 Å². The van der Waals surface area contributed by atoms with Crippen LogP contribution in [-0.2, 0) is 6.54 Å². The van der Waals surface area contributed by atoms with Gasteiger partial charge in [0.2, 0.25) is 5.82 Å². The summed E-state index contributed by atoms with van der Waals surface area (Å²) in [6, 6.07) is 14.1. The molecule has 0 unspecified atom stereocenters. The summed E-state index contributed by atoms with van der Waals surface area (Å²) in [6.45, 7) is 2.68. The molecule has 0 radical (unpaired) electrons. The fraction of sp³-hybridized carbons (Fsp3) is 0.120. The first-order chi connectivity index (χ1) is 17.0. The number of carbonyl (C=O) groups is 1. The molecule has 5 aromatic rings. The van der Waals surface area contributed by atoms with Crippen molar-refractivity contribution in [1.82, 2.24) is 19.7 Å². The standard InChI is InChI=1S/C25H17Cl3N4O3/c1-2-34-17-5-6-20-18(12-17)21(23(28)32(20)13-15-3-4-16(26)11-19(15)27)22(33)25-30-24(31-35-25)14-7-9-29-10-8-14/h3-12H,2,13H2,1H3. The third-order valence-corrected chi connectivity index (χ3v) is 6.39. The number of fused-ring (bicyclic) bond motifs is 1. The maximum Gasteiger partial charge on any atom is 0.299 e. The quantitative estimate of drug-likeness (QED) is 0.218. The molecule has 0 aliphatic rings. The number of rotatable bonds is 7. The fourth-order valence-electron chi connectivity index (χ4n) is 3.79. The zero-order valence-corrected chi connectivity index (χ0v) is 20.6. The molecular formula is C25H17Cl3N4O3. The molecule has 0 aliphatic heterocycles. The van der Waals surface area contributed by atoms with E-state index >= 15 is 0 Å². The van der Waals surface area contributed by atoms with E-state index < -0.39 is 5.78 Å². The maximum absolute atomic E-state index is 13.6. The Morgan fingerprint density at radius 1 is 1.06 bits per heavy atom. The van der Waals surface area contributed by atoms with E-state index in [1.54, 1.807) is 47.3 Å². The highest BCUT2D eigenvalue weighted by atomic mass is 35.5. The van der Waals surface area contributed by atoms with Crippen LogP contribution in [0, 0.1) is 0 Å². The number of halogens is 3. The zero-order chi connectivity index (χ0) is 24.5. The summed E-state index contributed by atoms with van der Waals surface area (Å²) >= 11 is 19.3. The highest BCUT2D eigenvalue weighted by Crippen LogP contribution is 2.36. The molecule has 0 fully saturated rings. The van der Waals surface area contributed by atoms with Crippen LogP contribution in [0.15, 0.2) is 65.4 Å². The van der Waals surface area contributed by atoms with Crippen LogP contribution in [0.25, 0.3) is 22.3 Å². The molecule has 5 rings (SSSR count). The average molecular weight is 528 g/mol. The first kappa shape index (κ1) is 23.4. The summed E-state index contributed by atoms with van der Waals surface area (Å²) in [6.07, 6.45) is 3.21. The first-order valence-electron chi connectivity index (χ1n) is 10.6. The molecule has 0 N–H and O–H groups in total. The molecule has 0 aliphatic carbocycles. The summed E-state index contributed by atoms with van der Waals surface area (Å²) in [4.78, 5) is 21.8. The van der Waals surface area contributed by atoms with Crippen molar-refractivity contribution in [2.45, 2.75) is 13.5 Å². The van der Waals surface area contributed by atoms with Crippen molar-refractivity contribution < 1.29 is 14.1 Å². The molecule has 0 atom stereocenters. The fourth-order valence-corrected chi connectivity index (χ4v) is 4.60. The molecule has 10 heteroatoms. The van der Waals surface area contributed by atoms with Crippen molar-refractivity contribution in [3.63, 3.8) is 0 Å². The molecule has 0 saturated heterocycles. The van der Waals surface area contributed by atoms with Gasteiger partial charge in [0.05, 0.1) is 24.2 Å². The van der Waals surface area contributed by atoms with E-state index in [-0.39, 0.29) is 22.4 Å². The average Bonchev–Trinajstić information content (AvgIpc) is 3.45. The molecule has 3 aromatic heterocycles. The van der Waals surface area contributed by atoms with Gasteiger partial charge < -0.3 is 13.8 Å². The van der Waals surface area contributed by atoms with Gasteiger partial charge in [-0.3, -0.25) is 9.78 Å². The van der Waals surface area contributed by atoms with Crippen molar-refractivity contribution >= 4 is 51.5 Å². The second kappa shape index (κ2) is 9.70. The summed E-state index contributed by atoms with van der Waals surface area (Å²) in [5.74, 6) is 0.209. The lowest BCUT2D eigenvalue weighted by Crippen LogP contribution is -2.04. The lowest BCUT2D eigenvalue weighted by atomic mass is 10.1. The van der Waals surface area contributed by atoms with Crippen LogP contribution >= 0.6 is 34.8 Å². The van der Waals surface area contributed by atoms with Crippen LogP contribution < -0.4 is 4.74 Å². The minimum atomic E-state index is -0.498. The van der Waals surface area contributed by atoms with Gasteiger partial charge in [-0.2, -0.15) is 4.98 Å². The Morgan fingerprint density at radius 3 is 2.60 bits per heavy atom. The molecule has 0 amide bonds. The van der Waals surface area contributed by atoms with Gasteiger partial charge in [-0.1, -0.05) is 46.0 Å². The van der Waals surface area contributed by atoms with Crippen LogP contribution in [0.5, 0.6) is 5.75 Å². The number of benzene rings is 2. The number of ketones is 1. The molecule has 0 spiro atoms. The van der Waals surface area contributed by atoms with Gasteiger partial charge in [-0.15, -0.1) is 0 Å². The number of hydrogen-bond acceptors (Lipinski definition) is 6. The third-order valence-electron chi connectivity index (χ3n) is 5.41. The van der Waals surface area contributed by atoms with Crippen molar-refractivity contribution in [3.8, 4) is 17.1 Å². The molecule has 35 heavy (non-hydrogen) atoms. The number of pyridine rings is 1. The van der Waals surface area contributed by atoms with Gasteiger partial charge in [0.1, 0.15) is 10.9 Å². The number of ether oxygens (including phenoxy) is 1. The van der Waals surface area contributed by atoms with E-state index in [2.05, 4.69) is 15.1 Å². The summed E-state index contributed by atoms with van der Waals surface area (Å²) < 4.78 is 12.8. The van der Waals surface area contributed by atoms with Gasteiger partial charge >= 0.3 is 0 Å². The highest BCUT2D eigenvalue weighted by molar-refractivity contribution is 6.37. The monoisotopic (exact) mass is 526 g/mol. The summed E-state index contributed by atoms with van der Waals surface area (Å²) in [5.41, 5.74) is 2.42. The highest BCUT2D eigenvalue weighted by Gasteiger charge is 2.27. The normalized spacial score (nSPS) is 11.2. The van der Waals surface area contributed by atoms with Crippen LogP contribution in [-0.4, -0.2) is 32.1 Å². The van der Waals surface area contributed by atoms with Crippen molar-refractivity contribution in [2.24, 2.45) is 0 Å². The molecule has 0 bridgehead atoms. The Hall–Kier alpha value is -3.39. The van der Waals surface area contributed by atoms with E-state index in [4.69, 9.17) is 44.1 Å². The Kier molecular flexibility index (Phi) is 6.47. The topological polar surface area (TPSA) is 83.0 Å². The number of aromatic nitrogens is 4. The van der Waals surface area contributed by atoms with Crippen LogP contribution in [0.1, 0.15) is 28.7 Å². The summed E-state index contributed by atoms with van der Waals surface area (Å²) in [5, 5.41) is 5.78. The number of nitrogens with zero attached hydrogens (tertiary/aromatic N) is 4. The predicted octanol–water partition coefficient (Wildman–Crippen LogP) is 6.72.